The van der Waals surface area contributed by atoms with Crippen LogP contribution in [0.5, 0.6) is 11.6 Å². The predicted molar refractivity (Wildman–Crippen MR) is 80.2 cm³/mol. The highest BCUT2D eigenvalue weighted by molar-refractivity contribution is 6.30. The zero-order chi connectivity index (χ0) is 15.5. The van der Waals surface area contributed by atoms with Crippen molar-refractivity contribution < 1.29 is 14.3 Å². The number of aromatic nitrogens is 3. The molecule has 0 saturated heterocycles. The molecule has 0 N–H and O–H groups in total. The lowest BCUT2D eigenvalue weighted by Gasteiger charge is -2.08. The summed E-state index contributed by atoms with van der Waals surface area (Å²) in [6.45, 7) is 0. The van der Waals surface area contributed by atoms with Gasteiger partial charge in [-0.15, -0.1) is 0 Å². The molecule has 2 heterocycles. The number of hydrogen-bond acceptors (Lipinski definition) is 6. The second kappa shape index (κ2) is 5.95. The smallest absolute Gasteiger partial charge is 0.337 e. The first-order valence-electron chi connectivity index (χ1n) is 6.31. The summed E-state index contributed by atoms with van der Waals surface area (Å²) in [4.78, 5) is 23.9. The molecular formula is C15H10ClN3O3. The lowest BCUT2D eigenvalue weighted by atomic mass is 10.2. The molecule has 3 aromatic rings. The largest absolute Gasteiger partial charge is 0.465 e. The van der Waals surface area contributed by atoms with E-state index in [2.05, 4.69) is 19.7 Å². The molecule has 0 radical (unpaired) electrons. The zero-order valence-corrected chi connectivity index (χ0v) is 12.2. The second-order valence-electron chi connectivity index (χ2n) is 4.29. The normalized spacial score (nSPS) is 10.5. The van der Waals surface area contributed by atoms with E-state index in [1.807, 2.05) is 0 Å². The maximum Gasteiger partial charge on any atom is 0.337 e. The molecule has 7 heteroatoms. The first kappa shape index (κ1) is 14.2. The molecule has 22 heavy (non-hydrogen) atoms. The van der Waals surface area contributed by atoms with E-state index in [9.17, 15) is 4.79 Å². The van der Waals surface area contributed by atoms with Gasteiger partial charge in [-0.3, -0.25) is 4.98 Å². The molecule has 0 aliphatic heterocycles. The van der Waals surface area contributed by atoms with Crippen LogP contribution in [-0.2, 0) is 4.74 Å². The van der Waals surface area contributed by atoms with Crippen LogP contribution >= 0.6 is 11.6 Å². The molecular weight excluding hydrogens is 306 g/mol. The minimum Gasteiger partial charge on any atom is -0.465 e. The van der Waals surface area contributed by atoms with Gasteiger partial charge in [-0.05, 0) is 24.3 Å². The van der Waals surface area contributed by atoms with Crippen molar-refractivity contribution in [3.63, 3.8) is 0 Å². The Labute approximate surface area is 130 Å². The number of rotatable bonds is 3. The highest BCUT2D eigenvalue weighted by Gasteiger charge is 2.11. The van der Waals surface area contributed by atoms with Crippen molar-refractivity contribution in [2.24, 2.45) is 0 Å². The molecule has 0 amide bonds. The number of pyridine rings is 1. The van der Waals surface area contributed by atoms with Gasteiger partial charge >= 0.3 is 5.97 Å². The highest BCUT2D eigenvalue weighted by atomic mass is 35.5. The Bertz CT molecular complexity index is 837. The van der Waals surface area contributed by atoms with E-state index in [4.69, 9.17) is 16.3 Å². The zero-order valence-electron chi connectivity index (χ0n) is 11.5. The highest BCUT2D eigenvalue weighted by Crippen LogP contribution is 2.27. The van der Waals surface area contributed by atoms with Crippen LogP contribution < -0.4 is 4.74 Å². The summed E-state index contributed by atoms with van der Waals surface area (Å²) in [6.07, 6.45) is 3.11. The number of esters is 1. The number of methoxy groups -OCH3 is 1. The van der Waals surface area contributed by atoms with Crippen LogP contribution in [0.1, 0.15) is 10.4 Å². The fraction of sp³-hybridized carbons (Fsp3) is 0.0667. The lowest BCUT2D eigenvalue weighted by molar-refractivity contribution is 0.0600. The van der Waals surface area contributed by atoms with Crippen LogP contribution in [0.15, 0.2) is 42.7 Å². The van der Waals surface area contributed by atoms with E-state index in [0.29, 0.717) is 22.3 Å². The standard InChI is InChI=1S/C15H10ClN3O3/c1-21-15(20)9-2-4-10(5-3-9)22-14-13-11(8-12(16)19-14)17-6-7-18-13/h2-8H,1H3. The summed E-state index contributed by atoms with van der Waals surface area (Å²) in [7, 11) is 1.33. The van der Waals surface area contributed by atoms with Crippen molar-refractivity contribution >= 4 is 28.6 Å². The van der Waals surface area contributed by atoms with Gasteiger partial charge < -0.3 is 9.47 Å². The number of fused-ring (bicyclic) bond motifs is 1. The third-order valence-corrected chi connectivity index (χ3v) is 3.08. The Morgan fingerprint density at radius 1 is 1.14 bits per heavy atom. The van der Waals surface area contributed by atoms with Gasteiger partial charge in [0.15, 0.2) is 5.52 Å². The Morgan fingerprint density at radius 2 is 1.86 bits per heavy atom. The van der Waals surface area contributed by atoms with Gasteiger partial charge in [0.05, 0.1) is 18.2 Å². The quantitative estimate of drug-likeness (QED) is 0.545. The molecule has 0 aliphatic carbocycles. The molecule has 0 aliphatic rings. The first-order chi connectivity index (χ1) is 10.7. The Morgan fingerprint density at radius 3 is 2.59 bits per heavy atom. The molecule has 0 unspecified atom stereocenters. The number of carbonyl (C=O) groups is 1. The maximum atomic E-state index is 11.4. The van der Waals surface area contributed by atoms with E-state index in [1.165, 1.54) is 7.11 Å². The first-order valence-corrected chi connectivity index (χ1v) is 6.68. The molecule has 0 spiro atoms. The number of benzene rings is 1. The fourth-order valence-corrected chi connectivity index (χ4v) is 2.05. The van der Waals surface area contributed by atoms with Gasteiger partial charge in [-0.1, -0.05) is 11.6 Å². The number of ether oxygens (including phenoxy) is 2. The van der Waals surface area contributed by atoms with Crippen molar-refractivity contribution in [2.75, 3.05) is 7.11 Å². The van der Waals surface area contributed by atoms with Crippen LogP contribution in [0.4, 0.5) is 0 Å². The molecule has 6 nitrogen and oxygen atoms in total. The fourth-order valence-electron chi connectivity index (χ4n) is 1.87. The summed E-state index contributed by atoms with van der Waals surface area (Å²) >= 11 is 5.96. The molecule has 2 aromatic heterocycles. The average molecular weight is 316 g/mol. The number of nitrogens with zero attached hydrogens (tertiary/aromatic N) is 3. The summed E-state index contributed by atoms with van der Waals surface area (Å²) < 4.78 is 10.3. The SMILES string of the molecule is COC(=O)c1ccc(Oc2nc(Cl)cc3nccnc23)cc1. The molecule has 110 valence electrons. The molecule has 0 bridgehead atoms. The molecule has 1 aromatic carbocycles. The summed E-state index contributed by atoms with van der Waals surface area (Å²) in [6, 6.07) is 8.07. The van der Waals surface area contributed by atoms with Crippen molar-refractivity contribution in [3.8, 4) is 11.6 Å². The minimum absolute atomic E-state index is 0.251. The Balaban J connectivity index is 1.94. The average Bonchev–Trinajstić information content (AvgIpc) is 2.54. The van der Waals surface area contributed by atoms with Crippen LogP contribution in [0.2, 0.25) is 5.15 Å². The Kier molecular flexibility index (Phi) is 3.84. The molecule has 0 fully saturated rings. The topological polar surface area (TPSA) is 74.2 Å². The second-order valence-corrected chi connectivity index (χ2v) is 4.68. The van der Waals surface area contributed by atoms with Gasteiger partial charge in [0.1, 0.15) is 10.9 Å². The number of carbonyl (C=O) groups excluding carboxylic acids is 1. The van der Waals surface area contributed by atoms with Gasteiger partial charge in [0.25, 0.3) is 0 Å². The van der Waals surface area contributed by atoms with Gasteiger partial charge in [-0.25, -0.2) is 9.78 Å². The number of hydrogen-bond donors (Lipinski definition) is 0. The molecule has 0 saturated carbocycles. The molecule has 3 rings (SSSR count). The lowest BCUT2D eigenvalue weighted by Crippen LogP contribution is -2.00. The van der Waals surface area contributed by atoms with Crippen molar-refractivity contribution in [1.29, 1.82) is 0 Å². The van der Waals surface area contributed by atoms with E-state index in [0.717, 1.165) is 0 Å². The van der Waals surface area contributed by atoms with Crippen LogP contribution in [0.25, 0.3) is 11.0 Å². The van der Waals surface area contributed by atoms with Gasteiger partial charge in [-0.2, -0.15) is 4.98 Å². The monoisotopic (exact) mass is 315 g/mol. The maximum absolute atomic E-state index is 11.4. The van der Waals surface area contributed by atoms with E-state index in [1.54, 1.807) is 42.7 Å². The van der Waals surface area contributed by atoms with Crippen molar-refractivity contribution in [1.82, 2.24) is 15.0 Å². The van der Waals surface area contributed by atoms with E-state index >= 15 is 0 Å². The molecule has 0 atom stereocenters. The summed E-state index contributed by atoms with van der Waals surface area (Å²) in [5.41, 5.74) is 1.52. The number of halogens is 1. The third-order valence-electron chi connectivity index (χ3n) is 2.88. The van der Waals surface area contributed by atoms with Crippen LogP contribution in [-0.4, -0.2) is 28.0 Å². The van der Waals surface area contributed by atoms with Gasteiger partial charge in [0.2, 0.25) is 5.88 Å². The van der Waals surface area contributed by atoms with Gasteiger partial charge in [0, 0.05) is 18.5 Å². The van der Waals surface area contributed by atoms with Crippen molar-refractivity contribution in [3.05, 3.63) is 53.4 Å². The van der Waals surface area contributed by atoms with E-state index in [-0.39, 0.29) is 11.0 Å². The van der Waals surface area contributed by atoms with Crippen LogP contribution in [0.3, 0.4) is 0 Å². The summed E-state index contributed by atoms with van der Waals surface area (Å²) in [5.74, 6) is 0.333. The minimum atomic E-state index is -0.413. The van der Waals surface area contributed by atoms with Crippen molar-refractivity contribution in [2.45, 2.75) is 0 Å². The van der Waals surface area contributed by atoms with E-state index < -0.39 is 5.97 Å². The predicted octanol–water partition coefficient (Wildman–Crippen LogP) is 3.26. The van der Waals surface area contributed by atoms with Crippen LogP contribution in [0, 0.1) is 0 Å². The third kappa shape index (κ3) is 2.82. The summed E-state index contributed by atoms with van der Waals surface area (Å²) in [5, 5.41) is 0.259. The Hall–Kier alpha value is -2.73.